The summed E-state index contributed by atoms with van der Waals surface area (Å²) in [5.41, 5.74) is 0.0259. The van der Waals surface area contributed by atoms with Crippen LogP contribution >= 0.6 is 0 Å². The molecule has 0 fully saturated rings. The lowest BCUT2D eigenvalue weighted by atomic mass is 10.3. The lowest BCUT2D eigenvalue weighted by Gasteiger charge is -2.08. The van der Waals surface area contributed by atoms with Crippen molar-refractivity contribution in [1.29, 1.82) is 0 Å². The van der Waals surface area contributed by atoms with E-state index in [1.807, 2.05) is 6.92 Å². The number of urea groups is 1. The molecule has 4 N–H and O–H groups in total. The number of primary sulfonamides is 1. The van der Waals surface area contributed by atoms with Crippen molar-refractivity contribution in [2.75, 3.05) is 11.9 Å². The molecular formula is C11H16FN3O3S. The minimum Gasteiger partial charge on any atom is -0.338 e. The van der Waals surface area contributed by atoms with Gasteiger partial charge < -0.3 is 10.6 Å². The quantitative estimate of drug-likeness (QED) is 0.714. The molecule has 0 atom stereocenters. The van der Waals surface area contributed by atoms with Gasteiger partial charge in [0.05, 0.1) is 4.90 Å². The molecule has 0 unspecified atom stereocenters. The number of hydrogen-bond donors (Lipinski definition) is 3. The van der Waals surface area contributed by atoms with E-state index in [9.17, 15) is 17.6 Å². The first kappa shape index (κ1) is 15.4. The van der Waals surface area contributed by atoms with Gasteiger partial charge in [0, 0.05) is 12.2 Å². The van der Waals surface area contributed by atoms with Gasteiger partial charge in [-0.1, -0.05) is 13.3 Å². The number of anilines is 1. The Hall–Kier alpha value is -1.67. The fraction of sp³-hybridized carbons (Fsp3) is 0.364. The van der Waals surface area contributed by atoms with Crippen molar-refractivity contribution in [3.05, 3.63) is 24.0 Å². The Morgan fingerprint density at radius 2 is 2.05 bits per heavy atom. The molecule has 0 bridgehead atoms. The van der Waals surface area contributed by atoms with E-state index in [1.165, 1.54) is 0 Å². The second-order valence-corrected chi connectivity index (χ2v) is 5.52. The second kappa shape index (κ2) is 6.48. The number of benzene rings is 1. The highest BCUT2D eigenvalue weighted by Gasteiger charge is 2.12. The number of rotatable bonds is 5. The van der Waals surface area contributed by atoms with E-state index >= 15 is 0 Å². The SMILES string of the molecule is CCCCNC(=O)Nc1cc(F)cc(S(N)(=O)=O)c1. The van der Waals surface area contributed by atoms with Crippen LogP contribution in [0.25, 0.3) is 0 Å². The molecule has 0 radical (unpaired) electrons. The first-order chi connectivity index (χ1) is 8.82. The fourth-order valence-electron chi connectivity index (χ4n) is 1.35. The van der Waals surface area contributed by atoms with Crippen LogP contribution in [0.4, 0.5) is 14.9 Å². The van der Waals surface area contributed by atoms with Gasteiger partial charge in [-0.3, -0.25) is 0 Å². The molecule has 8 heteroatoms. The van der Waals surface area contributed by atoms with E-state index in [1.54, 1.807) is 0 Å². The average Bonchev–Trinajstić information content (AvgIpc) is 2.27. The van der Waals surface area contributed by atoms with E-state index in [0.29, 0.717) is 6.54 Å². The number of nitrogens with two attached hydrogens (primary N) is 1. The standard InChI is InChI=1S/C11H16FN3O3S/c1-2-3-4-14-11(16)15-9-5-8(12)6-10(7-9)19(13,17)18/h5-7H,2-4H2,1H3,(H2,13,17,18)(H2,14,15,16). The van der Waals surface area contributed by atoms with Gasteiger partial charge in [-0.05, 0) is 24.6 Å². The molecule has 0 saturated heterocycles. The Bertz CT molecular complexity index is 560. The van der Waals surface area contributed by atoms with Crippen LogP contribution in [0.5, 0.6) is 0 Å². The molecule has 0 aromatic heterocycles. The number of hydrogen-bond acceptors (Lipinski definition) is 3. The molecule has 2 amide bonds. The largest absolute Gasteiger partial charge is 0.338 e. The topological polar surface area (TPSA) is 101 Å². The molecule has 19 heavy (non-hydrogen) atoms. The predicted octanol–water partition coefficient (Wildman–Crippen LogP) is 1.39. The third kappa shape index (κ3) is 5.23. The first-order valence-electron chi connectivity index (χ1n) is 5.71. The molecule has 0 spiro atoms. The van der Waals surface area contributed by atoms with Gasteiger partial charge in [-0.2, -0.15) is 0 Å². The van der Waals surface area contributed by atoms with E-state index in [0.717, 1.165) is 31.0 Å². The third-order valence-corrected chi connectivity index (χ3v) is 3.17. The Kier molecular flexibility index (Phi) is 5.25. The van der Waals surface area contributed by atoms with Gasteiger partial charge in [0.2, 0.25) is 10.0 Å². The molecule has 1 aromatic carbocycles. The maximum absolute atomic E-state index is 13.2. The number of carbonyl (C=O) groups is 1. The van der Waals surface area contributed by atoms with Gasteiger partial charge in [0.25, 0.3) is 0 Å². The van der Waals surface area contributed by atoms with Crippen molar-refractivity contribution in [2.24, 2.45) is 5.14 Å². The molecule has 1 rings (SSSR count). The lowest BCUT2D eigenvalue weighted by Crippen LogP contribution is -2.29. The summed E-state index contributed by atoms with van der Waals surface area (Å²) >= 11 is 0. The molecule has 1 aromatic rings. The van der Waals surface area contributed by atoms with Crippen molar-refractivity contribution >= 4 is 21.7 Å². The minimum absolute atomic E-state index is 0.0259. The van der Waals surface area contributed by atoms with Gasteiger partial charge in [-0.25, -0.2) is 22.7 Å². The summed E-state index contributed by atoms with van der Waals surface area (Å²) in [6.07, 6.45) is 1.74. The van der Waals surface area contributed by atoms with Gasteiger partial charge in [0.1, 0.15) is 5.82 Å². The van der Waals surface area contributed by atoms with E-state index < -0.39 is 26.8 Å². The smallest absolute Gasteiger partial charge is 0.319 e. The van der Waals surface area contributed by atoms with Crippen molar-refractivity contribution in [3.8, 4) is 0 Å². The zero-order valence-electron chi connectivity index (χ0n) is 10.4. The molecule has 0 saturated carbocycles. The molecular weight excluding hydrogens is 273 g/mol. The highest BCUT2D eigenvalue weighted by atomic mass is 32.2. The van der Waals surface area contributed by atoms with Crippen LogP contribution in [0.15, 0.2) is 23.1 Å². The lowest BCUT2D eigenvalue weighted by molar-refractivity contribution is 0.252. The second-order valence-electron chi connectivity index (χ2n) is 3.96. The van der Waals surface area contributed by atoms with Crippen molar-refractivity contribution in [1.82, 2.24) is 5.32 Å². The van der Waals surface area contributed by atoms with Crippen molar-refractivity contribution in [3.63, 3.8) is 0 Å². The minimum atomic E-state index is -4.02. The number of halogens is 1. The Morgan fingerprint density at radius 1 is 1.37 bits per heavy atom. The fourth-order valence-corrected chi connectivity index (χ4v) is 1.92. The highest BCUT2D eigenvalue weighted by Crippen LogP contribution is 2.17. The van der Waals surface area contributed by atoms with Crippen molar-refractivity contribution in [2.45, 2.75) is 24.7 Å². The number of nitrogens with one attached hydrogen (secondary N) is 2. The summed E-state index contributed by atoms with van der Waals surface area (Å²) in [4.78, 5) is 11.0. The maximum atomic E-state index is 13.2. The zero-order chi connectivity index (χ0) is 14.5. The predicted molar refractivity (Wildman–Crippen MR) is 69.7 cm³/mol. The number of unbranched alkanes of at least 4 members (excludes halogenated alkanes) is 1. The molecule has 106 valence electrons. The maximum Gasteiger partial charge on any atom is 0.319 e. The monoisotopic (exact) mass is 289 g/mol. The van der Waals surface area contributed by atoms with Gasteiger partial charge in [0.15, 0.2) is 0 Å². The Balaban J connectivity index is 2.79. The van der Waals surface area contributed by atoms with E-state index in [-0.39, 0.29) is 5.69 Å². The van der Waals surface area contributed by atoms with Crippen LogP contribution in [0.2, 0.25) is 0 Å². The van der Waals surface area contributed by atoms with Crippen LogP contribution < -0.4 is 15.8 Å². The summed E-state index contributed by atoms with van der Waals surface area (Å²) in [5.74, 6) is -0.796. The highest BCUT2D eigenvalue weighted by molar-refractivity contribution is 7.89. The number of amides is 2. The Morgan fingerprint density at radius 3 is 2.63 bits per heavy atom. The summed E-state index contributed by atoms with van der Waals surface area (Å²) in [6, 6.07) is 2.36. The van der Waals surface area contributed by atoms with Gasteiger partial charge >= 0.3 is 6.03 Å². The van der Waals surface area contributed by atoms with Crippen molar-refractivity contribution < 1.29 is 17.6 Å². The van der Waals surface area contributed by atoms with Crippen LogP contribution in [0, 0.1) is 5.82 Å². The molecule has 0 heterocycles. The number of carbonyl (C=O) groups excluding carboxylic acids is 1. The van der Waals surface area contributed by atoms with E-state index in [2.05, 4.69) is 10.6 Å². The molecule has 6 nitrogen and oxygen atoms in total. The van der Waals surface area contributed by atoms with Crippen LogP contribution in [0.1, 0.15) is 19.8 Å². The third-order valence-electron chi connectivity index (χ3n) is 2.27. The molecule has 0 aliphatic heterocycles. The number of sulfonamides is 1. The van der Waals surface area contributed by atoms with Crippen LogP contribution in [-0.4, -0.2) is 21.0 Å². The average molecular weight is 289 g/mol. The summed E-state index contributed by atoms with van der Waals surface area (Å²) in [7, 11) is -4.02. The summed E-state index contributed by atoms with van der Waals surface area (Å²) in [5, 5.41) is 9.80. The normalized spacial score (nSPS) is 11.1. The zero-order valence-corrected chi connectivity index (χ0v) is 11.3. The molecule has 0 aliphatic rings. The first-order valence-corrected chi connectivity index (χ1v) is 7.26. The van der Waals surface area contributed by atoms with Crippen LogP contribution in [-0.2, 0) is 10.0 Å². The van der Waals surface area contributed by atoms with Gasteiger partial charge in [-0.15, -0.1) is 0 Å². The summed E-state index contributed by atoms with van der Waals surface area (Å²) < 4.78 is 35.5. The van der Waals surface area contributed by atoms with E-state index in [4.69, 9.17) is 5.14 Å². The summed E-state index contributed by atoms with van der Waals surface area (Å²) in [6.45, 7) is 2.46. The molecule has 0 aliphatic carbocycles. The van der Waals surface area contributed by atoms with Crippen LogP contribution in [0.3, 0.4) is 0 Å². The Labute approximate surface area is 111 Å².